The third kappa shape index (κ3) is 8.02. The first-order valence-electron chi connectivity index (χ1n) is 13.5. The summed E-state index contributed by atoms with van der Waals surface area (Å²) >= 11 is 0. The average Bonchev–Trinajstić information content (AvgIpc) is 2.93. The summed E-state index contributed by atoms with van der Waals surface area (Å²) in [6.45, 7) is 3.38. The average molecular weight is 479 g/mol. The fraction of sp³-hybridized carbons (Fsp3) is 0.364. The zero-order chi connectivity index (χ0) is 25.0. The van der Waals surface area contributed by atoms with Gasteiger partial charge in [-0.1, -0.05) is 99.0 Å². The van der Waals surface area contributed by atoms with E-state index in [-0.39, 0.29) is 6.03 Å². The van der Waals surface area contributed by atoms with Gasteiger partial charge in [0, 0.05) is 30.3 Å². The smallest absolute Gasteiger partial charge is 0.318 e. The van der Waals surface area contributed by atoms with E-state index in [2.05, 4.69) is 84.7 Å². The molecule has 3 nitrogen and oxygen atoms in total. The summed E-state index contributed by atoms with van der Waals surface area (Å²) in [5.74, 6) is 6.55. The van der Waals surface area contributed by atoms with Crippen molar-refractivity contribution in [3.05, 3.63) is 107 Å². The van der Waals surface area contributed by atoms with E-state index in [9.17, 15) is 4.79 Å². The first-order chi connectivity index (χ1) is 17.7. The second kappa shape index (κ2) is 13.5. The number of hydrogen-bond acceptors (Lipinski definition) is 1. The van der Waals surface area contributed by atoms with Crippen LogP contribution in [0.4, 0.5) is 4.79 Å². The molecule has 0 atom stereocenters. The van der Waals surface area contributed by atoms with Gasteiger partial charge in [-0.25, -0.2) is 4.79 Å². The predicted molar refractivity (Wildman–Crippen MR) is 149 cm³/mol. The molecule has 3 aromatic carbocycles. The van der Waals surface area contributed by atoms with E-state index in [1.165, 1.54) is 37.7 Å². The van der Waals surface area contributed by atoms with Crippen LogP contribution in [0.3, 0.4) is 0 Å². The molecule has 1 fully saturated rings. The van der Waals surface area contributed by atoms with Crippen LogP contribution < -0.4 is 5.32 Å². The number of benzene rings is 3. The van der Waals surface area contributed by atoms with E-state index in [0.29, 0.717) is 19.1 Å². The molecule has 3 heteroatoms. The molecule has 0 spiro atoms. The van der Waals surface area contributed by atoms with Gasteiger partial charge in [0.2, 0.25) is 0 Å². The van der Waals surface area contributed by atoms with E-state index in [1.54, 1.807) is 0 Å². The van der Waals surface area contributed by atoms with Crippen LogP contribution in [0.5, 0.6) is 0 Å². The lowest BCUT2D eigenvalue weighted by atomic mass is 9.96. The Kier molecular flexibility index (Phi) is 9.62. The Bertz CT molecular complexity index is 1130. The van der Waals surface area contributed by atoms with Gasteiger partial charge >= 0.3 is 6.03 Å². The van der Waals surface area contributed by atoms with Gasteiger partial charge in [0.05, 0.1) is 0 Å². The molecule has 36 heavy (non-hydrogen) atoms. The number of carbonyl (C=O) groups is 1. The minimum absolute atomic E-state index is 0.0250. The van der Waals surface area contributed by atoms with Crippen molar-refractivity contribution in [2.45, 2.75) is 77.4 Å². The van der Waals surface area contributed by atoms with E-state index in [0.717, 1.165) is 41.5 Å². The molecule has 0 heterocycles. The van der Waals surface area contributed by atoms with Gasteiger partial charge in [0.25, 0.3) is 0 Å². The molecule has 186 valence electrons. The third-order valence-corrected chi connectivity index (χ3v) is 6.89. The van der Waals surface area contributed by atoms with Crippen molar-refractivity contribution in [2.24, 2.45) is 0 Å². The number of hydrogen-bond donors (Lipinski definition) is 1. The minimum Gasteiger partial charge on any atom is -0.335 e. The number of nitrogens with zero attached hydrogens (tertiary/aromatic N) is 1. The minimum atomic E-state index is 0.0250. The SMILES string of the molecule is CCCCc1ccc(C#Cc2ccc(CN(Cc3ccccc3)C(=O)NC3CCCCC3)cc2)cc1. The molecule has 1 aliphatic carbocycles. The summed E-state index contributed by atoms with van der Waals surface area (Å²) < 4.78 is 0. The molecule has 4 rings (SSSR count). The lowest BCUT2D eigenvalue weighted by molar-refractivity contribution is 0.184. The summed E-state index contributed by atoms with van der Waals surface area (Å²) in [4.78, 5) is 15.1. The maximum absolute atomic E-state index is 13.2. The van der Waals surface area contributed by atoms with Crippen molar-refractivity contribution in [3.63, 3.8) is 0 Å². The summed E-state index contributed by atoms with van der Waals surface area (Å²) in [6, 6.07) is 27.4. The van der Waals surface area contributed by atoms with Crippen LogP contribution in [0.1, 0.15) is 79.7 Å². The Morgan fingerprint density at radius 3 is 1.92 bits per heavy atom. The number of unbranched alkanes of at least 4 members (excludes halogenated alkanes) is 1. The standard InChI is InChI=1S/C33H38N2O/c1-2-3-10-27-15-17-28(18-16-27)19-20-29-21-23-31(24-22-29)26-35(25-30-11-6-4-7-12-30)33(36)34-32-13-8-5-9-14-32/h4,6-7,11-12,15-18,21-24,32H,2-3,5,8-10,13-14,25-26H2,1H3,(H,34,36). The van der Waals surface area contributed by atoms with E-state index >= 15 is 0 Å². The molecular weight excluding hydrogens is 440 g/mol. The van der Waals surface area contributed by atoms with Gasteiger partial charge in [-0.15, -0.1) is 0 Å². The molecule has 0 unspecified atom stereocenters. The maximum Gasteiger partial charge on any atom is 0.318 e. The fourth-order valence-electron chi connectivity index (χ4n) is 4.71. The van der Waals surface area contributed by atoms with E-state index in [4.69, 9.17) is 0 Å². The molecule has 3 aromatic rings. The Morgan fingerprint density at radius 1 is 0.778 bits per heavy atom. The highest BCUT2D eigenvalue weighted by atomic mass is 16.2. The number of aryl methyl sites for hydroxylation is 1. The second-order valence-corrected chi connectivity index (χ2v) is 9.87. The lowest BCUT2D eigenvalue weighted by Gasteiger charge is -2.28. The summed E-state index contributed by atoms with van der Waals surface area (Å²) in [6.07, 6.45) is 9.42. The number of urea groups is 1. The maximum atomic E-state index is 13.2. The van der Waals surface area contributed by atoms with E-state index < -0.39 is 0 Å². The molecule has 1 aliphatic rings. The normalized spacial score (nSPS) is 13.5. The number of amides is 2. The van der Waals surface area contributed by atoms with Gasteiger partial charge < -0.3 is 10.2 Å². The highest BCUT2D eigenvalue weighted by molar-refractivity contribution is 5.74. The van der Waals surface area contributed by atoms with Crippen molar-refractivity contribution in [3.8, 4) is 11.8 Å². The Labute approximate surface area is 216 Å². The summed E-state index contributed by atoms with van der Waals surface area (Å²) in [5, 5.41) is 3.29. The second-order valence-electron chi connectivity index (χ2n) is 9.87. The zero-order valence-electron chi connectivity index (χ0n) is 21.5. The Balaban J connectivity index is 1.40. The van der Waals surface area contributed by atoms with Crippen LogP contribution in [0, 0.1) is 11.8 Å². The van der Waals surface area contributed by atoms with Crippen molar-refractivity contribution >= 4 is 6.03 Å². The molecule has 0 aliphatic heterocycles. The van der Waals surface area contributed by atoms with Gasteiger partial charge in [0.1, 0.15) is 0 Å². The highest BCUT2D eigenvalue weighted by Crippen LogP contribution is 2.19. The molecule has 0 saturated heterocycles. The van der Waals surface area contributed by atoms with Crippen LogP contribution in [-0.4, -0.2) is 17.0 Å². The van der Waals surface area contributed by atoms with Gasteiger partial charge in [-0.05, 0) is 66.6 Å². The molecule has 1 N–H and O–H groups in total. The van der Waals surface area contributed by atoms with Crippen LogP contribution in [0.25, 0.3) is 0 Å². The topological polar surface area (TPSA) is 32.3 Å². The highest BCUT2D eigenvalue weighted by Gasteiger charge is 2.20. The van der Waals surface area contributed by atoms with Crippen LogP contribution >= 0.6 is 0 Å². The fourth-order valence-corrected chi connectivity index (χ4v) is 4.71. The van der Waals surface area contributed by atoms with Gasteiger partial charge in [0.15, 0.2) is 0 Å². The lowest BCUT2D eigenvalue weighted by Crippen LogP contribution is -2.44. The molecule has 2 amide bonds. The molecule has 0 bridgehead atoms. The Hall–Kier alpha value is -3.51. The van der Waals surface area contributed by atoms with Crippen molar-refractivity contribution in [1.82, 2.24) is 10.2 Å². The number of nitrogens with one attached hydrogen (secondary N) is 1. The largest absolute Gasteiger partial charge is 0.335 e. The van der Waals surface area contributed by atoms with Crippen LogP contribution in [0.2, 0.25) is 0 Å². The molecular formula is C33H38N2O. The number of carbonyl (C=O) groups excluding carboxylic acids is 1. The van der Waals surface area contributed by atoms with Crippen molar-refractivity contribution in [2.75, 3.05) is 0 Å². The monoisotopic (exact) mass is 478 g/mol. The van der Waals surface area contributed by atoms with Crippen molar-refractivity contribution in [1.29, 1.82) is 0 Å². The quantitative estimate of drug-likeness (QED) is 0.335. The first kappa shape index (κ1) is 25.6. The van der Waals surface area contributed by atoms with E-state index in [1.807, 2.05) is 23.1 Å². The summed E-state index contributed by atoms with van der Waals surface area (Å²) in [7, 11) is 0. The van der Waals surface area contributed by atoms with Gasteiger partial charge in [-0.2, -0.15) is 0 Å². The summed E-state index contributed by atoms with van der Waals surface area (Å²) in [5.41, 5.74) is 5.64. The zero-order valence-corrected chi connectivity index (χ0v) is 21.5. The van der Waals surface area contributed by atoms with Gasteiger partial charge in [-0.3, -0.25) is 0 Å². The molecule has 0 aromatic heterocycles. The third-order valence-electron chi connectivity index (χ3n) is 6.89. The predicted octanol–water partition coefficient (Wildman–Crippen LogP) is 7.47. The molecule has 0 radical (unpaired) electrons. The Morgan fingerprint density at radius 2 is 1.33 bits per heavy atom. The first-order valence-corrected chi connectivity index (χ1v) is 13.5. The van der Waals surface area contributed by atoms with Crippen LogP contribution in [-0.2, 0) is 19.5 Å². The van der Waals surface area contributed by atoms with Crippen molar-refractivity contribution < 1.29 is 4.79 Å². The number of rotatable bonds is 8. The molecule has 1 saturated carbocycles. The van der Waals surface area contributed by atoms with Crippen LogP contribution in [0.15, 0.2) is 78.9 Å².